The maximum atomic E-state index is 5.09. The summed E-state index contributed by atoms with van der Waals surface area (Å²) in [5, 5.41) is 5.04. The van der Waals surface area contributed by atoms with Gasteiger partial charge in [-0.3, -0.25) is 4.98 Å². The molecular weight excluding hydrogens is 270 g/mol. The van der Waals surface area contributed by atoms with E-state index >= 15 is 0 Å². The van der Waals surface area contributed by atoms with E-state index in [1.54, 1.807) is 30.0 Å². The lowest BCUT2D eigenvalue weighted by Gasteiger charge is -2.14. The first kappa shape index (κ1) is 13.0. The minimum absolute atomic E-state index is 0.0375. The molecule has 3 aromatic rings. The van der Waals surface area contributed by atoms with E-state index in [1.165, 1.54) is 0 Å². The van der Waals surface area contributed by atoms with E-state index in [0.29, 0.717) is 0 Å². The van der Waals surface area contributed by atoms with Gasteiger partial charge in [-0.2, -0.15) is 0 Å². The van der Waals surface area contributed by atoms with Gasteiger partial charge in [-0.25, -0.2) is 4.98 Å². The van der Waals surface area contributed by atoms with Crippen molar-refractivity contribution >= 4 is 33.7 Å². The minimum atomic E-state index is -0.0375. The Kier molecular flexibility index (Phi) is 3.14. The minimum Gasteiger partial charge on any atom is -0.364 e. The summed E-state index contributed by atoms with van der Waals surface area (Å²) in [7, 11) is 0. The lowest BCUT2D eigenvalue weighted by atomic mass is 9.89. The molecule has 0 saturated heterocycles. The molecule has 3 aromatic heterocycles. The molecule has 0 saturated carbocycles. The summed E-state index contributed by atoms with van der Waals surface area (Å²) in [5.41, 5.74) is 2.84. The molecule has 0 aliphatic heterocycles. The van der Waals surface area contributed by atoms with Crippen LogP contribution in [0.2, 0.25) is 0 Å². The molecule has 0 amide bonds. The fourth-order valence-corrected chi connectivity index (χ4v) is 2.80. The van der Waals surface area contributed by atoms with Gasteiger partial charge in [0.25, 0.3) is 0 Å². The van der Waals surface area contributed by atoms with E-state index in [1.807, 2.05) is 18.2 Å². The summed E-state index contributed by atoms with van der Waals surface area (Å²) < 4.78 is 6.23. The molecule has 20 heavy (non-hydrogen) atoms. The highest BCUT2D eigenvalue weighted by molar-refractivity contribution is 7.19. The summed E-state index contributed by atoms with van der Waals surface area (Å²) >= 11 is 1.64. The summed E-state index contributed by atoms with van der Waals surface area (Å²) in [4.78, 5) is 8.60. The quantitative estimate of drug-likeness (QED) is 0.710. The number of pyridine rings is 1. The van der Waals surface area contributed by atoms with Crippen LogP contribution in [0.5, 0.6) is 0 Å². The van der Waals surface area contributed by atoms with Crippen molar-refractivity contribution in [3.05, 3.63) is 41.0 Å². The number of aromatic nitrogens is 3. The zero-order valence-electron chi connectivity index (χ0n) is 11.6. The average molecular weight is 285 g/mol. The second kappa shape index (κ2) is 4.83. The van der Waals surface area contributed by atoms with Gasteiger partial charge in [-0.15, -0.1) is 11.3 Å². The van der Waals surface area contributed by atoms with Crippen molar-refractivity contribution in [3.63, 3.8) is 0 Å². The first-order valence-electron chi connectivity index (χ1n) is 6.37. The fourth-order valence-electron chi connectivity index (χ4n) is 1.96. The topological polar surface area (TPSA) is 51.8 Å². The summed E-state index contributed by atoms with van der Waals surface area (Å²) in [6.07, 6.45) is 9.23. The second-order valence-corrected chi connectivity index (χ2v) is 6.66. The molecule has 0 spiro atoms. The van der Waals surface area contributed by atoms with Gasteiger partial charge in [0.05, 0.1) is 16.6 Å². The Balaban J connectivity index is 1.93. The van der Waals surface area contributed by atoms with Gasteiger partial charge in [-0.05, 0) is 18.2 Å². The zero-order valence-corrected chi connectivity index (χ0v) is 12.4. The molecule has 4 nitrogen and oxygen atoms in total. The number of nitrogens with zero attached hydrogens (tertiary/aromatic N) is 3. The molecule has 5 heteroatoms. The van der Waals surface area contributed by atoms with Crippen LogP contribution in [0.3, 0.4) is 0 Å². The predicted octanol–water partition coefficient (Wildman–Crippen LogP) is 4.15. The van der Waals surface area contributed by atoms with Crippen molar-refractivity contribution in [1.29, 1.82) is 0 Å². The highest BCUT2D eigenvalue weighted by atomic mass is 32.1. The third-order valence-electron chi connectivity index (χ3n) is 2.92. The van der Waals surface area contributed by atoms with Gasteiger partial charge in [0.2, 0.25) is 0 Å². The molecule has 0 aliphatic carbocycles. The molecule has 0 aliphatic rings. The van der Waals surface area contributed by atoms with Gasteiger partial charge in [0, 0.05) is 17.2 Å². The van der Waals surface area contributed by atoms with Crippen molar-refractivity contribution in [1.82, 2.24) is 15.1 Å². The highest BCUT2D eigenvalue weighted by Crippen LogP contribution is 2.27. The monoisotopic (exact) mass is 285 g/mol. The Hall–Kier alpha value is -2.01. The molecule has 0 atom stereocenters. The lowest BCUT2D eigenvalue weighted by Crippen LogP contribution is -2.12. The van der Waals surface area contributed by atoms with Crippen molar-refractivity contribution in [2.45, 2.75) is 26.2 Å². The molecular formula is C15H15N3OS. The van der Waals surface area contributed by atoms with Crippen molar-refractivity contribution < 1.29 is 4.52 Å². The van der Waals surface area contributed by atoms with E-state index in [-0.39, 0.29) is 5.41 Å². The molecule has 0 aromatic carbocycles. The third kappa shape index (κ3) is 2.49. The van der Waals surface area contributed by atoms with Gasteiger partial charge < -0.3 is 4.52 Å². The van der Waals surface area contributed by atoms with Crippen molar-refractivity contribution in [3.8, 4) is 0 Å². The Morgan fingerprint density at radius 1 is 1.25 bits per heavy atom. The van der Waals surface area contributed by atoms with Crippen LogP contribution in [0, 0.1) is 0 Å². The number of fused-ring (bicyclic) bond motifs is 1. The van der Waals surface area contributed by atoms with Crippen LogP contribution in [0.15, 0.2) is 29.2 Å². The third-order valence-corrected chi connectivity index (χ3v) is 3.92. The molecule has 0 fully saturated rings. The smallest absolute Gasteiger partial charge is 0.131 e. The fraction of sp³-hybridized carbons (Fsp3) is 0.267. The molecule has 0 radical (unpaired) electrons. The largest absolute Gasteiger partial charge is 0.364 e. The van der Waals surface area contributed by atoms with Crippen LogP contribution in [0.25, 0.3) is 22.4 Å². The number of hydrogen-bond acceptors (Lipinski definition) is 5. The summed E-state index contributed by atoms with van der Waals surface area (Å²) in [6, 6.07) is 1.98. The van der Waals surface area contributed by atoms with Crippen molar-refractivity contribution in [2.24, 2.45) is 0 Å². The van der Waals surface area contributed by atoms with E-state index in [4.69, 9.17) is 4.52 Å². The number of rotatable bonds is 2. The Morgan fingerprint density at radius 3 is 2.85 bits per heavy atom. The number of thiazole rings is 1. The second-order valence-electron chi connectivity index (χ2n) is 5.60. The summed E-state index contributed by atoms with van der Waals surface area (Å²) in [6.45, 7) is 6.35. The maximum absolute atomic E-state index is 5.09. The van der Waals surface area contributed by atoms with Crippen molar-refractivity contribution in [2.75, 3.05) is 0 Å². The van der Waals surface area contributed by atoms with Crippen LogP contribution >= 0.6 is 11.3 Å². The molecule has 0 N–H and O–H groups in total. The maximum Gasteiger partial charge on any atom is 0.131 e. The molecule has 102 valence electrons. The van der Waals surface area contributed by atoms with Crippen LogP contribution in [0.4, 0.5) is 0 Å². The molecule has 0 unspecified atom stereocenters. The van der Waals surface area contributed by atoms with Gasteiger partial charge in [-0.1, -0.05) is 25.9 Å². The van der Waals surface area contributed by atoms with E-state index in [2.05, 4.69) is 35.9 Å². The highest BCUT2D eigenvalue weighted by Gasteiger charge is 2.20. The van der Waals surface area contributed by atoms with Crippen LogP contribution < -0.4 is 0 Å². The molecule has 3 rings (SSSR count). The van der Waals surface area contributed by atoms with Crippen LogP contribution in [-0.2, 0) is 5.41 Å². The van der Waals surface area contributed by atoms with Gasteiger partial charge in [0.15, 0.2) is 0 Å². The predicted molar refractivity (Wildman–Crippen MR) is 81.5 cm³/mol. The lowest BCUT2D eigenvalue weighted by molar-refractivity contribution is 0.393. The first-order chi connectivity index (χ1) is 9.54. The Bertz CT molecular complexity index is 732. The van der Waals surface area contributed by atoms with E-state index in [9.17, 15) is 0 Å². The number of hydrogen-bond donors (Lipinski definition) is 0. The Morgan fingerprint density at radius 2 is 2.10 bits per heavy atom. The SMILES string of the molecule is CC(C)(C)c1nocc1/C=C/c1nc2cnccc2s1. The van der Waals surface area contributed by atoms with Gasteiger partial charge >= 0.3 is 0 Å². The Labute approximate surface area is 121 Å². The molecule has 0 bridgehead atoms. The van der Waals surface area contributed by atoms with Crippen LogP contribution in [-0.4, -0.2) is 15.1 Å². The van der Waals surface area contributed by atoms with Gasteiger partial charge in [0.1, 0.15) is 16.8 Å². The van der Waals surface area contributed by atoms with Crippen LogP contribution in [0.1, 0.15) is 37.0 Å². The first-order valence-corrected chi connectivity index (χ1v) is 7.19. The van der Waals surface area contributed by atoms with E-state index in [0.717, 1.165) is 26.5 Å². The normalized spacial score (nSPS) is 12.6. The molecule has 3 heterocycles. The van der Waals surface area contributed by atoms with E-state index < -0.39 is 0 Å². The average Bonchev–Trinajstić information content (AvgIpc) is 3.01. The summed E-state index contributed by atoms with van der Waals surface area (Å²) in [5.74, 6) is 0. The zero-order chi connectivity index (χ0) is 14.2. The standard InChI is InChI=1S/C15H15N3OS/c1-15(2,3)14-10(9-19-18-14)4-5-13-17-11-8-16-7-6-12(11)20-13/h4-9H,1-3H3/b5-4+.